The molecule has 2 heterocycles. The standard InChI is InChI=1S/C32H39N3O13/c1-18(36)42-17-22-25(26(23(34-35-33)31(41-4)46-22)43-15-20-11-7-5-8-12-20)47-32-29(45-19(2)37)27(24(38)28(48-32)30(39)40-3)44-16-21-13-9-6-10-14-21/h5-14,22-29,31-32,38H,15-17H2,1-4H3/t22-,23-,24+,25-,26-,27+,28?,29-,31+,32-/m1/s1. The van der Waals surface area contributed by atoms with Gasteiger partial charge in [0, 0.05) is 25.9 Å². The van der Waals surface area contributed by atoms with Gasteiger partial charge in [-0.05, 0) is 16.7 Å². The molecule has 2 fully saturated rings. The summed E-state index contributed by atoms with van der Waals surface area (Å²) in [5, 5.41) is 15.1. The third-order valence-electron chi connectivity index (χ3n) is 7.60. The van der Waals surface area contributed by atoms with Crippen LogP contribution < -0.4 is 0 Å². The van der Waals surface area contributed by atoms with Gasteiger partial charge in [0.05, 0.1) is 20.3 Å². The van der Waals surface area contributed by atoms with E-state index in [0.717, 1.165) is 25.2 Å². The van der Waals surface area contributed by atoms with E-state index < -0.39 is 79.3 Å². The Morgan fingerprint density at radius 3 is 1.96 bits per heavy atom. The number of carbonyl (C=O) groups is 3. The molecule has 0 spiro atoms. The summed E-state index contributed by atoms with van der Waals surface area (Å²) in [6.07, 6.45) is -12.5. The van der Waals surface area contributed by atoms with E-state index in [4.69, 9.17) is 42.6 Å². The van der Waals surface area contributed by atoms with Gasteiger partial charge in [0.1, 0.15) is 43.2 Å². The van der Waals surface area contributed by atoms with Crippen LogP contribution >= 0.6 is 0 Å². The summed E-state index contributed by atoms with van der Waals surface area (Å²) >= 11 is 0. The van der Waals surface area contributed by atoms with Gasteiger partial charge >= 0.3 is 17.9 Å². The highest BCUT2D eigenvalue weighted by Gasteiger charge is 2.55. The molecule has 2 saturated heterocycles. The fraction of sp³-hybridized carbons (Fsp3) is 0.531. The molecule has 16 nitrogen and oxygen atoms in total. The monoisotopic (exact) mass is 673 g/mol. The maximum absolute atomic E-state index is 12.8. The summed E-state index contributed by atoms with van der Waals surface area (Å²) in [6.45, 7) is 1.96. The van der Waals surface area contributed by atoms with Gasteiger partial charge in [0.15, 0.2) is 24.8 Å². The highest BCUT2D eigenvalue weighted by Crippen LogP contribution is 2.35. The molecular formula is C32H39N3O13. The molecule has 0 saturated carbocycles. The molecule has 0 aliphatic carbocycles. The Hall–Kier alpha value is -4.12. The zero-order valence-electron chi connectivity index (χ0n) is 26.9. The van der Waals surface area contributed by atoms with E-state index >= 15 is 0 Å². The first kappa shape index (κ1) is 36.7. The van der Waals surface area contributed by atoms with Crippen LogP contribution in [-0.4, -0.2) is 105 Å². The van der Waals surface area contributed by atoms with Crippen LogP contribution in [0.4, 0.5) is 0 Å². The van der Waals surface area contributed by atoms with Gasteiger partial charge in [-0.2, -0.15) is 0 Å². The minimum Gasteiger partial charge on any atom is -0.467 e. The van der Waals surface area contributed by atoms with Gasteiger partial charge in [-0.1, -0.05) is 65.8 Å². The first-order chi connectivity index (χ1) is 23.2. The van der Waals surface area contributed by atoms with E-state index in [-0.39, 0.29) is 19.8 Å². The number of benzene rings is 2. The third-order valence-corrected chi connectivity index (χ3v) is 7.60. The molecule has 4 rings (SSSR count). The molecule has 10 atom stereocenters. The average molecular weight is 674 g/mol. The fourth-order valence-electron chi connectivity index (χ4n) is 5.40. The van der Waals surface area contributed by atoms with Crippen LogP contribution in [0.2, 0.25) is 0 Å². The SMILES string of the molecule is COC(=O)C1O[C@@H](O[C@H]2[C@H](OCc3ccccc3)[C@@H](N=[N+]=[N-])[C@@H](OC)O[C@@H]2COC(C)=O)[C@H](OC(C)=O)[C@@H](OCc2ccccc2)[C@@H]1O. The van der Waals surface area contributed by atoms with Crippen molar-refractivity contribution in [1.29, 1.82) is 0 Å². The van der Waals surface area contributed by atoms with Gasteiger partial charge < -0.3 is 47.7 Å². The lowest BCUT2D eigenvalue weighted by Gasteiger charge is -2.48. The fourth-order valence-corrected chi connectivity index (χ4v) is 5.40. The normalized spacial score (nSPS) is 30.0. The van der Waals surface area contributed by atoms with E-state index in [1.165, 1.54) is 14.0 Å². The van der Waals surface area contributed by atoms with Gasteiger partial charge in [0.2, 0.25) is 0 Å². The molecule has 0 radical (unpaired) electrons. The number of hydrogen-bond donors (Lipinski definition) is 1. The van der Waals surface area contributed by atoms with Crippen LogP contribution in [0.1, 0.15) is 25.0 Å². The zero-order chi connectivity index (χ0) is 34.6. The van der Waals surface area contributed by atoms with Crippen molar-refractivity contribution in [2.24, 2.45) is 5.11 Å². The Labute approximate surface area is 276 Å². The lowest BCUT2D eigenvalue weighted by molar-refractivity contribution is -0.349. The van der Waals surface area contributed by atoms with E-state index in [9.17, 15) is 25.0 Å². The van der Waals surface area contributed by atoms with E-state index in [2.05, 4.69) is 10.0 Å². The second kappa shape index (κ2) is 17.9. The molecule has 0 bridgehead atoms. The Kier molecular flexibility index (Phi) is 13.7. The smallest absolute Gasteiger partial charge is 0.337 e. The van der Waals surface area contributed by atoms with Crippen molar-refractivity contribution in [3.05, 3.63) is 82.2 Å². The number of carbonyl (C=O) groups excluding carboxylic acids is 3. The molecule has 0 amide bonds. The molecule has 1 N–H and O–H groups in total. The topological polar surface area (TPSA) is 203 Å². The number of ether oxygens (including phenoxy) is 9. The summed E-state index contributed by atoms with van der Waals surface area (Å²) in [5.74, 6) is -2.35. The van der Waals surface area contributed by atoms with Crippen molar-refractivity contribution in [3.63, 3.8) is 0 Å². The van der Waals surface area contributed by atoms with Crippen LogP contribution in [-0.2, 0) is 70.2 Å². The van der Waals surface area contributed by atoms with Crippen molar-refractivity contribution in [2.75, 3.05) is 20.8 Å². The van der Waals surface area contributed by atoms with Crippen molar-refractivity contribution in [3.8, 4) is 0 Å². The summed E-state index contributed by atoms with van der Waals surface area (Å²) in [6, 6.07) is 16.9. The largest absolute Gasteiger partial charge is 0.467 e. The number of hydrogen-bond acceptors (Lipinski definition) is 14. The lowest BCUT2D eigenvalue weighted by Crippen LogP contribution is -2.66. The van der Waals surface area contributed by atoms with Crippen molar-refractivity contribution in [2.45, 2.75) is 88.4 Å². The number of aliphatic hydroxyl groups excluding tert-OH is 1. The summed E-state index contributed by atoms with van der Waals surface area (Å²) in [5.41, 5.74) is 11.0. The number of esters is 3. The number of methoxy groups -OCH3 is 2. The lowest BCUT2D eigenvalue weighted by atomic mass is 9.95. The van der Waals surface area contributed by atoms with Crippen molar-refractivity contribution < 1.29 is 62.1 Å². The van der Waals surface area contributed by atoms with Gasteiger partial charge in [-0.25, -0.2) is 4.79 Å². The molecule has 2 aromatic carbocycles. The van der Waals surface area contributed by atoms with Gasteiger partial charge in [-0.3, -0.25) is 9.59 Å². The Balaban J connectivity index is 1.75. The molecule has 1 unspecified atom stereocenters. The van der Waals surface area contributed by atoms with Crippen molar-refractivity contribution >= 4 is 17.9 Å². The van der Waals surface area contributed by atoms with E-state index in [0.29, 0.717) is 0 Å². The van der Waals surface area contributed by atoms with E-state index in [1.807, 2.05) is 36.4 Å². The number of rotatable bonds is 14. The maximum atomic E-state index is 12.8. The summed E-state index contributed by atoms with van der Waals surface area (Å²) in [7, 11) is 2.44. The molecule has 2 aliphatic rings. The first-order valence-corrected chi connectivity index (χ1v) is 15.1. The quantitative estimate of drug-likeness (QED) is 0.101. The number of nitrogens with zero attached hydrogens (tertiary/aromatic N) is 3. The predicted octanol–water partition coefficient (Wildman–Crippen LogP) is 2.35. The first-order valence-electron chi connectivity index (χ1n) is 15.1. The van der Waals surface area contributed by atoms with Crippen LogP contribution in [0.25, 0.3) is 10.4 Å². The number of azide groups is 1. The molecule has 16 heteroatoms. The Morgan fingerprint density at radius 1 is 0.833 bits per heavy atom. The summed E-state index contributed by atoms with van der Waals surface area (Å²) < 4.78 is 52.0. The highest BCUT2D eigenvalue weighted by atomic mass is 16.8. The summed E-state index contributed by atoms with van der Waals surface area (Å²) in [4.78, 5) is 40.0. The minimum atomic E-state index is -1.66. The van der Waals surface area contributed by atoms with E-state index in [1.54, 1.807) is 24.3 Å². The molecule has 260 valence electrons. The highest BCUT2D eigenvalue weighted by molar-refractivity contribution is 5.75. The Bertz CT molecular complexity index is 1390. The van der Waals surface area contributed by atoms with Crippen LogP contribution in [0.3, 0.4) is 0 Å². The van der Waals surface area contributed by atoms with Crippen LogP contribution in [0, 0.1) is 0 Å². The molecule has 0 aromatic heterocycles. The second-order valence-corrected chi connectivity index (χ2v) is 10.9. The second-order valence-electron chi connectivity index (χ2n) is 10.9. The molecular weight excluding hydrogens is 634 g/mol. The zero-order valence-corrected chi connectivity index (χ0v) is 26.9. The van der Waals surface area contributed by atoms with Crippen LogP contribution in [0.5, 0.6) is 0 Å². The van der Waals surface area contributed by atoms with Crippen molar-refractivity contribution in [1.82, 2.24) is 0 Å². The Morgan fingerprint density at radius 2 is 1.44 bits per heavy atom. The molecule has 48 heavy (non-hydrogen) atoms. The van der Waals surface area contributed by atoms with Gasteiger partial charge in [0.25, 0.3) is 0 Å². The minimum absolute atomic E-state index is 0.0186. The average Bonchev–Trinajstić information content (AvgIpc) is 3.08. The third kappa shape index (κ3) is 9.49. The molecule has 2 aromatic rings. The molecule has 2 aliphatic heterocycles. The van der Waals surface area contributed by atoms with Gasteiger partial charge in [-0.15, -0.1) is 0 Å². The van der Waals surface area contributed by atoms with Crippen LogP contribution in [0.15, 0.2) is 65.8 Å². The maximum Gasteiger partial charge on any atom is 0.337 e. The predicted molar refractivity (Wildman–Crippen MR) is 162 cm³/mol. The number of aliphatic hydroxyl groups is 1.